The van der Waals surface area contributed by atoms with Gasteiger partial charge in [0.05, 0.1) is 17.9 Å². The molecule has 148 valence electrons. The fraction of sp³-hybridized carbons (Fsp3) is 0.368. The number of guanidine groups is 1. The maximum absolute atomic E-state index is 12.7. The van der Waals surface area contributed by atoms with Gasteiger partial charge in [-0.15, -0.1) is 0 Å². The van der Waals surface area contributed by atoms with E-state index in [1.807, 2.05) is 32.0 Å². The summed E-state index contributed by atoms with van der Waals surface area (Å²) in [6.45, 7) is 4.57. The lowest BCUT2D eigenvalue weighted by Crippen LogP contribution is -2.22. The number of aromatic amines is 1. The molecule has 9 heteroatoms. The molecule has 0 spiro atoms. The second-order valence-electron chi connectivity index (χ2n) is 6.33. The first-order valence-corrected chi connectivity index (χ1v) is 9.20. The van der Waals surface area contributed by atoms with Gasteiger partial charge in [-0.1, -0.05) is 13.8 Å². The first kappa shape index (κ1) is 19.4. The third kappa shape index (κ3) is 3.68. The number of hydrogen-bond acceptors (Lipinski definition) is 5. The first-order chi connectivity index (χ1) is 13.5. The van der Waals surface area contributed by atoms with E-state index in [0.717, 1.165) is 12.1 Å². The fourth-order valence-corrected chi connectivity index (χ4v) is 2.95. The van der Waals surface area contributed by atoms with Crippen LogP contribution >= 0.6 is 0 Å². The van der Waals surface area contributed by atoms with Gasteiger partial charge in [-0.05, 0) is 31.0 Å². The Hall–Kier alpha value is -3.36. The molecule has 0 radical (unpaired) electrons. The second kappa shape index (κ2) is 8.12. The van der Waals surface area contributed by atoms with Crippen LogP contribution in [0.4, 0.5) is 5.69 Å². The highest BCUT2D eigenvalue weighted by molar-refractivity contribution is 5.93. The van der Waals surface area contributed by atoms with Crippen LogP contribution in [-0.2, 0) is 13.5 Å². The molecule has 9 nitrogen and oxygen atoms in total. The molecule has 0 aliphatic carbocycles. The van der Waals surface area contributed by atoms with E-state index in [9.17, 15) is 4.79 Å². The lowest BCUT2D eigenvalue weighted by molar-refractivity contribution is 0.318. The van der Waals surface area contributed by atoms with Crippen molar-refractivity contribution in [2.75, 3.05) is 19.0 Å². The van der Waals surface area contributed by atoms with E-state index in [1.165, 1.54) is 0 Å². The summed E-state index contributed by atoms with van der Waals surface area (Å²) in [6.07, 6.45) is 1.54. The minimum absolute atomic E-state index is 0.246. The van der Waals surface area contributed by atoms with Gasteiger partial charge in [0, 0.05) is 19.8 Å². The van der Waals surface area contributed by atoms with Crippen LogP contribution in [0, 0.1) is 0 Å². The molecule has 2 heterocycles. The SMILES string of the molecule is CCCOc1ccc(NC(N)=NC)cc1-c1nc2c(CC)nn(C)c2c(=O)[nH]1. The quantitative estimate of drug-likeness (QED) is 0.442. The zero-order valence-corrected chi connectivity index (χ0v) is 16.5. The molecular weight excluding hydrogens is 358 g/mol. The van der Waals surface area contributed by atoms with Gasteiger partial charge in [-0.3, -0.25) is 14.5 Å². The monoisotopic (exact) mass is 383 g/mol. The van der Waals surface area contributed by atoms with Gasteiger partial charge in [0.15, 0.2) is 11.5 Å². The lowest BCUT2D eigenvalue weighted by atomic mass is 10.1. The molecule has 2 aromatic heterocycles. The van der Waals surface area contributed by atoms with E-state index in [-0.39, 0.29) is 11.5 Å². The molecule has 0 aliphatic rings. The number of aliphatic imine (C=N–C) groups is 1. The van der Waals surface area contributed by atoms with Gasteiger partial charge in [0.1, 0.15) is 17.1 Å². The van der Waals surface area contributed by atoms with E-state index >= 15 is 0 Å². The number of hydrogen-bond donors (Lipinski definition) is 3. The molecule has 4 N–H and O–H groups in total. The van der Waals surface area contributed by atoms with E-state index in [2.05, 4.69) is 20.4 Å². The molecule has 3 rings (SSSR count). The van der Waals surface area contributed by atoms with E-state index in [1.54, 1.807) is 18.8 Å². The third-order valence-electron chi connectivity index (χ3n) is 4.31. The van der Waals surface area contributed by atoms with Crippen LogP contribution in [0.5, 0.6) is 5.75 Å². The predicted molar refractivity (Wildman–Crippen MR) is 111 cm³/mol. The van der Waals surface area contributed by atoms with Crippen molar-refractivity contribution in [3.05, 3.63) is 34.2 Å². The van der Waals surface area contributed by atoms with Crippen molar-refractivity contribution in [3.63, 3.8) is 0 Å². The van der Waals surface area contributed by atoms with Gasteiger partial charge in [0.25, 0.3) is 5.56 Å². The number of H-pyrrole nitrogens is 1. The van der Waals surface area contributed by atoms with Crippen LogP contribution in [0.3, 0.4) is 0 Å². The Morgan fingerprint density at radius 1 is 1.39 bits per heavy atom. The van der Waals surface area contributed by atoms with Crippen molar-refractivity contribution >= 4 is 22.7 Å². The van der Waals surface area contributed by atoms with Crippen molar-refractivity contribution < 1.29 is 4.74 Å². The highest BCUT2D eigenvalue weighted by Crippen LogP contribution is 2.31. The smallest absolute Gasteiger partial charge is 0.277 e. The Kier molecular flexibility index (Phi) is 5.62. The van der Waals surface area contributed by atoms with Gasteiger partial charge in [-0.25, -0.2) is 4.98 Å². The summed E-state index contributed by atoms with van der Waals surface area (Å²) < 4.78 is 7.43. The minimum Gasteiger partial charge on any atom is -0.493 e. The van der Waals surface area contributed by atoms with Gasteiger partial charge in [-0.2, -0.15) is 5.10 Å². The topological polar surface area (TPSA) is 123 Å². The highest BCUT2D eigenvalue weighted by Gasteiger charge is 2.17. The van der Waals surface area contributed by atoms with Crippen LogP contribution in [0.1, 0.15) is 26.0 Å². The third-order valence-corrected chi connectivity index (χ3v) is 4.31. The molecular formula is C19H25N7O2. The molecule has 28 heavy (non-hydrogen) atoms. The minimum atomic E-state index is -0.246. The molecule has 0 saturated heterocycles. The number of rotatable bonds is 6. The Morgan fingerprint density at radius 2 is 2.18 bits per heavy atom. The molecule has 0 unspecified atom stereocenters. The summed E-state index contributed by atoms with van der Waals surface area (Å²) in [4.78, 5) is 24.2. The van der Waals surface area contributed by atoms with Crippen molar-refractivity contribution in [2.45, 2.75) is 26.7 Å². The van der Waals surface area contributed by atoms with Crippen LogP contribution in [-0.4, -0.2) is 39.4 Å². The summed E-state index contributed by atoms with van der Waals surface area (Å²) in [7, 11) is 3.34. The van der Waals surface area contributed by atoms with Crippen molar-refractivity contribution in [3.8, 4) is 17.1 Å². The maximum Gasteiger partial charge on any atom is 0.277 e. The average molecular weight is 383 g/mol. The van der Waals surface area contributed by atoms with Crippen LogP contribution in [0.2, 0.25) is 0 Å². The number of nitrogens with zero attached hydrogens (tertiary/aromatic N) is 4. The maximum atomic E-state index is 12.7. The lowest BCUT2D eigenvalue weighted by Gasteiger charge is -2.13. The summed E-state index contributed by atoms with van der Waals surface area (Å²) in [6, 6.07) is 5.49. The number of benzene rings is 1. The van der Waals surface area contributed by atoms with E-state index in [4.69, 9.17) is 15.5 Å². The molecule has 0 fully saturated rings. The Labute approximate surface area is 162 Å². The van der Waals surface area contributed by atoms with E-state index in [0.29, 0.717) is 46.9 Å². The van der Waals surface area contributed by atoms with Crippen molar-refractivity contribution in [2.24, 2.45) is 17.8 Å². The predicted octanol–water partition coefficient (Wildman–Crippen LogP) is 2.03. The second-order valence-corrected chi connectivity index (χ2v) is 6.33. The zero-order chi connectivity index (χ0) is 20.3. The van der Waals surface area contributed by atoms with Crippen LogP contribution < -0.4 is 21.3 Å². The normalized spacial score (nSPS) is 11.8. The van der Waals surface area contributed by atoms with Crippen molar-refractivity contribution in [1.82, 2.24) is 19.7 Å². The number of aryl methyl sites for hydroxylation is 2. The van der Waals surface area contributed by atoms with Gasteiger partial charge < -0.3 is 20.8 Å². The average Bonchev–Trinajstić information content (AvgIpc) is 3.02. The first-order valence-electron chi connectivity index (χ1n) is 9.20. The highest BCUT2D eigenvalue weighted by atomic mass is 16.5. The number of fused-ring (bicyclic) bond motifs is 1. The molecule has 0 atom stereocenters. The molecule has 0 amide bonds. The number of nitrogens with two attached hydrogens (primary N) is 1. The Balaban J connectivity index is 2.19. The fourth-order valence-electron chi connectivity index (χ4n) is 2.95. The summed E-state index contributed by atoms with van der Waals surface area (Å²) in [5, 5.41) is 7.40. The number of nitrogens with one attached hydrogen (secondary N) is 2. The standard InChI is InChI=1S/C19H25N7O2/c1-5-9-28-14-8-7-11(22-19(20)21-3)10-12(14)17-23-15-13(6-2)25-26(4)16(15)18(27)24-17/h7-8,10H,5-6,9H2,1-4H3,(H3,20,21,22)(H,23,24,27). The molecule has 1 aromatic carbocycles. The number of aromatic nitrogens is 4. The van der Waals surface area contributed by atoms with Gasteiger partial charge >= 0.3 is 0 Å². The molecule has 3 aromatic rings. The molecule has 0 aliphatic heterocycles. The van der Waals surface area contributed by atoms with E-state index < -0.39 is 0 Å². The summed E-state index contributed by atoms with van der Waals surface area (Å²) in [5.41, 5.74) is 8.73. The Morgan fingerprint density at radius 3 is 2.86 bits per heavy atom. The summed E-state index contributed by atoms with van der Waals surface area (Å²) in [5.74, 6) is 1.33. The Bertz CT molecular complexity index is 1080. The largest absolute Gasteiger partial charge is 0.493 e. The van der Waals surface area contributed by atoms with Crippen molar-refractivity contribution in [1.29, 1.82) is 0 Å². The summed E-state index contributed by atoms with van der Waals surface area (Å²) >= 11 is 0. The molecule has 0 saturated carbocycles. The van der Waals surface area contributed by atoms with Crippen LogP contribution in [0.15, 0.2) is 28.0 Å². The number of ether oxygens (including phenoxy) is 1. The van der Waals surface area contributed by atoms with Gasteiger partial charge in [0.2, 0.25) is 0 Å². The zero-order valence-electron chi connectivity index (χ0n) is 16.5. The van der Waals surface area contributed by atoms with Crippen LogP contribution in [0.25, 0.3) is 22.4 Å². The number of anilines is 1. The molecule has 0 bridgehead atoms.